The van der Waals surface area contributed by atoms with Gasteiger partial charge < -0.3 is 14.2 Å². The van der Waals surface area contributed by atoms with E-state index in [1.165, 1.54) is 77.0 Å². The van der Waals surface area contributed by atoms with Gasteiger partial charge in [0.2, 0.25) is 0 Å². The summed E-state index contributed by atoms with van der Waals surface area (Å²) < 4.78 is 16.8. The molecule has 0 bridgehead atoms. The zero-order valence-corrected chi connectivity index (χ0v) is 47.4. The van der Waals surface area contributed by atoms with Crippen molar-refractivity contribution in [1.82, 2.24) is 0 Å². The Balaban J connectivity index is 4.35. The third-order valence-electron chi connectivity index (χ3n) is 12.5. The van der Waals surface area contributed by atoms with Crippen LogP contribution in [0.5, 0.6) is 0 Å². The van der Waals surface area contributed by atoms with Crippen LogP contribution in [-0.4, -0.2) is 37.2 Å². The quantitative estimate of drug-likeness (QED) is 0.0261. The predicted octanol–water partition coefficient (Wildman–Crippen LogP) is 20.4. The Morgan fingerprint density at radius 2 is 0.534 bits per heavy atom. The molecule has 0 saturated carbocycles. The van der Waals surface area contributed by atoms with Gasteiger partial charge in [0.05, 0.1) is 0 Å². The Bertz CT molecular complexity index is 1540. The van der Waals surface area contributed by atoms with E-state index in [-0.39, 0.29) is 31.1 Å². The van der Waals surface area contributed by atoms with E-state index in [0.29, 0.717) is 19.3 Å². The van der Waals surface area contributed by atoms with E-state index in [9.17, 15) is 14.4 Å². The zero-order chi connectivity index (χ0) is 52.9. The van der Waals surface area contributed by atoms with Crippen LogP contribution in [0.1, 0.15) is 265 Å². The zero-order valence-electron chi connectivity index (χ0n) is 47.4. The van der Waals surface area contributed by atoms with Gasteiger partial charge >= 0.3 is 17.9 Å². The lowest BCUT2D eigenvalue weighted by molar-refractivity contribution is -0.167. The Labute approximate surface area is 450 Å². The van der Waals surface area contributed by atoms with Crippen molar-refractivity contribution in [2.45, 2.75) is 271 Å². The van der Waals surface area contributed by atoms with E-state index < -0.39 is 6.10 Å². The van der Waals surface area contributed by atoms with Crippen LogP contribution in [0.3, 0.4) is 0 Å². The average Bonchev–Trinajstić information content (AvgIpc) is 3.39. The Morgan fingerprint density at radius 1 is 0.288 bits per heavy atom. The summed E-state index contributed by atoms with van der Waals surface area (Å²) in [5.74, 6) is -0.934. The smallest absolute Gasteiger partial charge is 0.306 e. The monoisotopic (exact) mass is 1010 g/mol. The maximum absolute atomic E-state index is 12.8. The van der Waals surface area contributed by atoms with Gasteiger partial charge in [-0.1, -0.05) is 251 Å². The lowest BCUT2D eigenvalue weighted by Crippen LogP contribution is -2.30. The summed E-state index contributed by atoms with van der Waals surface area (Å²) in [4.78, 5) is 38.1. The molecule has 0 aliphatic heterocycles. The van der Waals surface area contributed by atoms with Crippen molar-refractivity contribution in [3.05, 3.63) is 122 Å². The van der Waals surface area contributed by atoms with Crippen LogP contribution in [-0.2, 0) is 28.6 Å². The van der Waals surface area contributed by atoms with Gasteiger partial charge in [-0.2, -0.15) is 0 Å². The Kier molecular flexibility index (Phi) is 56.9. The van der Waals surface area contributed by atoms with Crippen LogP contribution < -0.4 is 0 Å². The molecule has 0 aliphatic carbocycles. The van der Waals surface area contributed by atoms with Crippen molar-refractivity contribution in [3.8, 4) is 0 Å². The van der Waals surface area contributed by atoms with Crippen molar-refractivity contribution in [2.24, 2.45) is 0 Å². The lowest BCUT2D eigenvalue weighted by Gasteiger charge is -2.18. The fourth-order valence-electron chi connectivity index (χ4n) is 7.96. The molecule has 0 radical (unpaired) electrons. The van der Waals surface area contributed by atoms with Gasteiger partial charge in [0.15, 0.2) is 6.10 Å². The Morgan fingerprint density at radius 3 is 0.849 bits per heavy atom. The number of unbranched alkanes of at least 4 members (excludes halogenated alkanes) is 22. The van der Waals surface area contributed by atoms with E-state index in [2.05, 4.69) is 142 Å². The number of carbonyl (C=O) groups is 3. The normalized spacial score (nSPS) is 13.0. The highest BCUT2D eigenvalue weighted by atomic mass is 16.6. The number of allylic oxidation sites excluding steroid dienone is 20. The molecule has 0 saturated heterocycles. The van der Waals surface area contributed by atoms with Gasteiger partial charge in [-0.25, -0.2) is 0 Å². The highest BCUT2D eigenvalue weighted by Gasteiger charge is 2.19. The minimum atomic E-state index is -0.797. The maximum Gasteiger partial charge on any atom is 0.306 e. The second-order valence-corrected chi connectivity index (χ2v) is 19.5. The molecule has 6 heteroatoms. The van der Waals surface area contributed by atoms with Crippen LogP contribution in [0.2, 0.25) is 0 Å². The number of ether oxygens (including phenoxy) is 3. The van der Waals surface area contributed by atoms with Crippen LogP contribution >= 0.6 is 0 Å². The summed E-state index contributed by atoms with van der Waals surface area (Å²) in [7, 11) is 0. The molecule has 0 N–H and O–H groups in total. The van der Waals surface area contributed by atoms with Crippen LogP contribution in [0.15, 0.2) is 122 Å². The first-order valence-corrected chi connectivity index (χ1v) is 30.0. The highest BCUT2D eigenvalue weighted by molar-refractivity contribution is 5.71. The van der Waals surface area contributed by atoms with Gasteiger partial charge in [0, 0.05) is 19.3 Å². The SMILES string of the molecule is CC/C=C\C/C=C\C/C=C\C/C=C\C/C=C\C/C=C\C/C=C\C/C=C\CCCCCCC(=O)OCC(COC(=O)CCCCCCCCCCCC)OC(=O)CCCCCCC/C=C\C/C=C\CCCCCC. The fourth-order valence-corrected chi connectivity index (χ4v) is 7.96. The number of hydrogen-bond donors (Lipinski definition) is 0. The summed E-state index contributed by atoms with van der Waals surface area (Å²) in [6.07, 6.45) is 83.4. The van der Waals surface area contributed by atoms with Gasteiger partial charge in [-0.3, -0.25) is 14.4 Å². The molecule has 73 heavy (non-hydrogen) atoms. The van der Waals surface area contributed by atoms with E-state index in [4.69, 9.17) is 14.2 Å². The molecule has 1 unspecified atom stereocenters. The van der Waals surface area contributed by atoms with Crippen LogP contribution in [0.25, 0.3) is 0 Å². The largest absolute Gasteiger partial charge is 0.462 e. The molecule has 0 amide bonds. The van der Waals surface area contributed by atoms with E-state index in [1.807, 2.05) is 0 Å². The summed E-state index contributed by atoms with van der Waals surface area (Å²) in [5, 5.41) is 0. The third kappa shape index (κ3) is 58.6. The molecule has 0 aromatic heterocycles. The first-order chi connectivity index (χ1) is 36.0. The van der Waals surface area contributed by atoms with Gasteiger partial charge in [0.25, 0.3) is 0 Å². The number of carbonyl (C=O) groups excluding carboxylic acids is 3. The van der Waals surface area contributed by atoms with Gasteiger partial charge in [-0.15, -0.1) is 0 Å². The standard InChI is InChI=1S/C67H110O6/c1-4-7-10-13-16-19-22-24-26-28-29-30-31-32-33-34-35-36-37-38-39-40-42-43-45-48-51-54-57-60-66(69)72-63-64(62-71-65(68)59-56-53-50-47-21-18-15-12-9-6-3)73-67(70)61-58-55-52-49-46-44-41-27-25-23-20-17-14-11-8-5-2/h7,10,16,19-20,23-24,26-27,29-30,32-33,35-36,38-39,41-43,64H,4-6,8-9,11-15,17-18,21-22,25,28,31,34,37,40,44-63H2,1-3H3/b10-7-,19-16-,23-20-,26-24-,30-29-,33-32-,36-35-,39-38-,41-27-,43-42-. The third-order valence-corrected chi connectivity index (χ3v) is 12.5. The summed E-state index contributed by atoms with van der Waals surface area (Å²) >= 11 is 0. The molecular weight excluding hydrogens is 901 g/mol. The van der Waals surface area contributed by atoms with Crippen molar-refractivity contribution in [1.29, 1.82) is 0 Å². The second-order valence-electron chi connectivity index (χ2n) is 19.5. The fraction of sp³-hybridized carbons (Fsp3) is 0.657. The minimum Gasteiger partial charge on any atom is -0.462 e. The van der Waals surface area contributed by atoms with E-state index >= 15 is 0 Å². The molecule has 0 fully saturated rings. The minimum absolute atomic E-state index is 0.0926. The molecule has 414 valence electrons. The summed E-state index contributed by atoms with van der Waals surface area (Å²) in [5.41, 5.74) is 0. The van der Waals surface area contributed by atoms with Crippen molar-refractivity contribution in [3.63, 3.8) is 0 Å². The molecule has 6 nitrogen and oxygen atoms in total. The number of esters is 3. The molecule has 0 aliphatic rings. The summed E-state index contributed by atoms with van der Waals surface area (Å²) in [6, 6.07) is 0. The number of rotatable bonds is 53. The molecular formula is C67H110O6. The van der Waals surface area contributed by atoms with E-state index in [0.717, 1.165) is 148 Å². The maximum atomic E-state index is 12.8. The van der Waals surface area contributed by atoms with Crippen molar-refractivity contribution < 1.29 is 28.6 Å². The summed E-state index contributed by atoms with van der Waals surface area (Å²) in [6.45, 7) is 6.46. The molecule has 0 aromatic carbocycles. The Hall–Kier alpha value is -4.19. The first kappa shape index (κ1) is 68.8. The first-order valence-electron chi connectivity index (χ1n) is 30.0. The second kappa shape index (κ2) is 60.4. The van der Waals surface area contributed by atoms with Gasteiger partial charge in [-0.05, 0) is 116 Å². The predicted molar refractivity (Wildman–Crippen MR) is 316 cm³/mol. The lowest BCUT2D eigenvalue weighted by atomic mass is 10.1. The number of hydrogen-bond acceptors (Lipinski definition) is 6. The molecule has 1 atom stereocenters. The van der Waals surface area contributed by atoms with Crippen LogP contribution in [0.4, 0.5) is 0 Å². The van der Waals surface area contributed by atoms with Crippen molar-refractivity contribution in [2.75, 3.05) is 13.2 Å². The van der Waals surface area contributed by atoms with Crippen LogP contribution in [0, 0.1) is 0 Å². The molecule has 0 aromatic rings. The highest BCUT2D eigenvalue weighted by Crippen LogP contribution is 2.14. The topological polar surface area (TPSA) is 78.9 Å². The molecule has 0 rings (SSSR count). The molecule has 0 heterocycles. The van der Waals surface area contributed by atoms with E-state index in [1.54, 1.807) is 0 Å². The molecule has 0 spiro atoms. The van der Waals surface area contributed by atoms with Gasteiger partial charge in [0.1, 0.15) is 13.2 Å². The average molecular weight is 1010 g/mol. The van der Waals surface area contributed by atoms with Crippen molar-refractivity contribution >= 4 is 17.9 Å².